The number of nitrogens with one attached hydrogen (secondary N) is 1. The number of hydrogen-bond donors (Lipinski definition) is 2. The van der Waals surface area contributed by atoms with Gasteiger partial charge in [-0.1, -0.05) is 13.8 Å². The summed E-state index contributed by atoms with van der Waals surface area (Å²) in [6.45, 7) is 3.84. The Morgan fingerprint density at radius 1 is 1.20 bits per heavy atom. The van der Waals surface area contributed by atoms with Gasteiger partial charge in [0.2, 0.25) is 0 Å². The van der Waals surface area contributed by atoms with Crippen molar-refractivity contribution in [2.24, 2.45) is 5.73 Å². The van der Waals surface area contributed by atoms with E-state index in [9.17, 15) is 18.0 Å². The number of amides is 1. The normalized spacial score (nSPS) is 10.9. The maximum Gasteiger partial charge on any atom is 0.254 e. The molecule has 0 spiro atoms. The summed E-state index contributed by atoms with van der Waals surface area (Å²) in [5.74, 6) is -5.27. The lowest BCUT2D eigenvalue weighted by atomic mass is 9.92. The van der Waals surface area contributed by atoms with E-state index in [2.05, 4.69) is 5.32 Å². The minimum atomic E-state index is -1.65. The summed E-state index contributed by atoms with van der Waals surface area (Å²) in [7, 11) is 0. The van der Waals surface area contributed by atoms with Gasteiger partial charge in [0.25, 0.3) is 5.91 Å². The van der Waals surface area contributed by atoms with Crippen LogP contribution in [0.3, 0.4) is 0 Å². The number of halogens is 4. The van der Waals surface area contributed by atoms with Crippen LogP contribution in [-0.4, -0.2) is 18.0 Å². The second-order valence-electron chi connectivity index (χ2n) is 4.37. The first-order valence-corrected chi connectivity index (χ1v) is 6.06. The number of nitrogens with two attached hydrogens (primary N) is 1. The predicted octanol–water partition coefficient (Wildman–Crippen LogP) is 2.77. The van der Waals surface area contributed by atoms with Crippen LogP contribution in [0.4, 0.5) is 13.2 Å². The summed E-state index contributed by atoms with van der Waals surface area (Å²) >= 11 is 0. The lowest BCUT2D eigenvalue weighted by Crippen LogP contribution is -2.53. The van der Waals surface area contributed by atoms with Crippen molar-refractivity contribution in [3.05, 3.63) is 35.1 Å². The zero-order valence-corrected chi connectivity index (χ0v) is 12.1. The van der Waals surface area contributed by atoms with Gasteiger partial charge in [0.05, 0.1) is 11.1 Å². The standard InChI is InChI=1S/C13H17F3N2O.ClH/c1-3-13(4-2,7-17)18-12(19)8-5-6-9(14)11(16)10(8)15;/h5-6H,3-4,7,17H2,1-2H3,(H,18,19);1H. The molecule has 3 nitrogen and oxygen atoms in total. The monoisotopic (exact) mass is 310 g/mol. The van der Waals surface area contributed by atoms with Crippen molar-refractivity contribution in [3.8, 4) is 0 Å². The zero-order valence-electron chi connectivity index (χ0n) is 11.3. The largest absolute Gasteiger partial charge is 0.345 e. The average molecular weight is 311 g/mol. The van der Waals surface area contributed by atoms with Crippen LogP contribution in [0.25, 0.3) is 0 Å². The van der Waals surface area contributed by atoms with E-state index in [0.29, 0.717) is 12.8 Å². The van der Waals surface area contributed by atoms with Crippen molar-refractivity contribution in [1.82, 2.24) is 5.32 Å². The van der Waals surface area contributed by atoms with E-state index in [-0.39, 0.29) is 19.0 Å². The van der Waals surface area contributed by atoms with E-state index in [4.69, 9.17) is 5.73 Å². The second-order valence-corrected chi connectivity index (χ2v) is 4.37. The molecule has 0 heterocycles. The Balaban J connectivity index is 0.00000361. The summed E-state index contributed by atoms with van der Waals surface area (Å²) in [6, 6.07) is 1.63. The van der Waals surface area contributed by atoms with Gasteiger partial charge < -0.3 is 11.1 Å². The van der Waals surface area contributed by atoms with Crippen LogP contribution >= 0.6 is 12.4 Å². The Kier molecular flexibility index (Phi) is 7.02. The topological polar surface area (TPSA) is 55.1 Å². The molecule has 1 aromatic carbocycles. The molecule has 114 valence electrons. The molecule has 1 amide bonds. The third kappa shape index (κ3) is 3.64. The molecule has 1 aromatic rings. The van der Waals surface area contributed by atoms with Crippen LogP contribution in [0.2, 0.25) is 0 Å². The van der Waals surface area contributed by atoms with Gasteiger partial charge in [-0.25, -0.2) is 13.2 Å². The first-order valence-electron chi connectivity index (χ1n) is 6.06. The summed E-state index contributed by atoms with van der Waals surface area (Å²) < 4.78 is 39.4. The van der Waals surface area contributed by atoms with Crippen LogP contribution in [0.1, 0.15) is 37.0 Å². The maximum atomic E-state index is 13.5. The molecule has 0 bridgehead atoms. The van der Waals surface area contributed by atoms with Crippen molar-refractivity contribution in [2.75, 3.05) is 6.54 Å². The molecule has 0 aliphatic rings. The first-order chi connectivity index (χ1) is 8.90. The van der Waals surface area contributed by atoms with E-state index in [0.717, 1.165) is 12.1 Å². The highest BCUT2D eigenvalue weighted by molar-refractivity contribution is 5.95. The molecule has 0 saturated carbocycles. The number of carbonyl (C=O) groups is 1. The molecule has 0 aliphatic carbocycles. The summed E-state index contributed by atoms with van der Waals surface area (Å²) in [5.41, 5.74) is 4.40. The van der Waals surface area contributed by atoms with Gasteiger partial charge in [0, 0.05) is 6.54 Å². The van der Waals surface area contributed by atoms with Gasteiger partial charge in [-0.05, 0) is 25.0 Å². The second kappa shape index (κ2) is 7.50. The summed E-state index contributed by atoms with van der Waals surface area (Å²) in [6.07, 6.45) is 1.11. The Bertz CT molecular complexity index is 471. The molecular weight excluding hydrogens is 293 g/mol. The van der Waals surface area contributed by atoms with Gasteiger partial charge in [-0.2, -0.15) is 0 Å². The van der Waals surface area contributed by atoms with Gasteiger partial charge >= 0.3 is 0 Å². The van der Waals surface area contributed by atoms with E-state index in [1.165, 1.54) is 0 Å². The van der Waals surface area contributed by atoms with Gasteiger partial charge in [0.1, 0.15) is 0 Å². The van der Waals surface area contributed by atoms with E-state index in [1.54, 1.807) is 0 Å². The highest BCUT2D eigenvalue weighted by Gasteiger charge is 2.28. The molecule has 0 aromatic heterocycles. The minimum absolute atomic E-state index is 0. The van der Waals surface area contributed by atoms with Crippen molar-refractivity contribution in [1.29, 1.82) is 0 Å². The predicted molar refractivity (Wildman–Crippen MR) is 73.4 cm³/mol. The number of hydrogen-bond acceptors (Lipinski definition) is 2. The summed E-state index contributed by atoms with van der Waals surface area (Å²) in [4.78, 5) is 11.9. The van der Waals surface area contributed by atoms with Crippen LogP contribution in [0.5, 0.6) is 0 Å². The fraction of sp³-hybridized carbons (Fsp3) is 0.462. The van der Waals surface area contributed by atoms with Crippen LogP contribution in [0.15, 0.2) is 12.1 Å². The molecule has 1 rings (SSSR count). The molecule has 0 saturated heterocycles. The molecular formula is C13H18ClF3N2O. The number of rotatable bonds is 5. The molecule has 0 atom stereocenters. The van der Waals surface area contributed by atoms with Crippen molar-refractivity contribution < 1.29 is 18.0 Å². The third-order valence-corrected chi connectivity index (χ3v) is 3.40. The average Bonchev–Trinajstić information content (AvgIpc) is 2.42. The SMILES string of the molecule is CCC(CC)(CN)NC(=O)c1ccc(F)c(F)c1F.Cl. The Morgan fingerprint density at radius 2 is 1.75 bits per heavy atom. The van der Waals surface area contributed by atoms with E-state index >= 15 is 0 Å². The van der Waals surface area contributed by atoms with Crippen LogP contribution in [-0.2, 0) is 0 Å². The Hall–Kier alpha value is -1.27. The highest BCUT2D eigenvalue weighted by atomic mass is 35.5. The quantitative estimate of drug-likeness (QED) is 0.822. The van der Waals surface area contributed by atoms with Gasteiger partial charge in [-0.3, -0.25) is 4.79 Å². The third-order valence-electron chi connectivity index (χ3n) is 3.40. The van der Waals surface area contributed by atoms with E-state index < -0.39 is 34.5 Å². The Morgan fingerprint density at radius 3 is 2.20 bits per heavy atom. The smallest absolute Gasteiger partial charge is 0.254 e. The van der Waals surface area contributed by atoms with Gasteiger partial charge in [0.15, 0.2) is 17.5 Å². The lowest BCUT2D eigenvalue weighted by Gasteiger charge is -2.31. The molecule has 3 N–H and O–H groups in total. The summed E-state index contributed by atoms with van der Waals surface area (Å²) in [5, 5.41) is 2.59. The number of benzene rings is 1. The fourth-order valence-electron chi connectivity index (χ4n) is 1.78. The van der Waals surface area contributed by atoms with Crippen molar-refractivity contribution >= 4 is 18.3 Å². The Labute approximate surface area is 122 Å². The molecule has 0 radical (unpaired) electrons. The molecule has 0 fully saturated rings. The van der Waals surface area contributed by atoms with Crippen LogP contribution in [0, 0.1) is 17.5 Å². The van der Waals surface area contributed by atoms with Gasteiger partial charge in [-0.15, -0.1) is 12.4 Å². The molecule has 7 heteroatoms. The maximum absolute atomic E-state index is 13.5. The lowest BCUT2D eigenvalue weighted by molar-refractivity contribution is 0.0890. The molecule has 0 unspecified atom stereocenters. The van der Waals surface area contributed by atoms with Crippen molar-refractivity contribution in [2.45, 2.75) is 32.2 Å². The minimum Gasteiger partial charge on any atom is -0.345 e. The highest BCUT2D eigenvalue weighted by Crippen LogP contribution is 2.18. The van der Waals surface area contributed by atoms with Crippen LogP contribution < -0.4 is 11.1 Å². The first kappa shape index (κ1) is 18.7. The molecule has 20 heavy (non-hydrogen) atoms. The van der Waals surface area contributed by atoms with Crippen molar-refractivity contribution in [3.63, 3.8) is 0 Å². The fourth-order valence-corrected chi connectivity index (χ4v) is 1.78. The van der Waals surface area contributed by atoms with E-state index in [1.807, 2.05) is 13.8 Å². The number of carbonyl (C=O) groups excluding carboxylic acids is 1. The zero-order chi connectivity index (χ0) is 14.6. The molecule has 0 aliphatic heterocycles.